The Bertz CT molecular complexity index is 982. The van der Waals surface area contributed by atoms with Crippen LogP contribution in [0.2, 0.25) is 0 Å². The molecule has 2 unspecified atom stereocenters. The number of nitrogens with one attached hydrogen (secondary N) is 1. The second-order valence-electron chi connectivity index (χ2n) is 19.3. The van der Waals surface area contributed by atoms with Gasteiger partial charge in [-0.05, 0) is 57.8 Å². The molecule has 0 aromatic heterocycles. The third-order valence-corrected chi connectivity index (χ3v) is 13.0. The lowest BCUT2D eigenvalue weighted by atomic mass is 10.0. The fraction of sp³-hybridized carbons (Fsp3) is 0.895. The van der Waals surface area contributed by atoms with Gasteiger partial charge in [-0.25, -0.2) is 0 Å². The summed E-state index contributed by atoms with van der Waals surface area (Å²) >= 11 is 0. The first-order valence-corrected chi connectivity index (χ1v) is 28.1. The average Bonchev–Trinajstić information content (AvgIpc) is 3.28. The van der Waals surface area contributed by atoms with Crippen LogP contribution in [0, 0.1) is 0 Å². The van der Waals surface area contributed by atoms with Gasteiger partial charge in [-0.1, -0.05) is 256 Å². The van der Waals surface area contributed by atoms with Gasteiger partial charge in [0.05, 0.1) is 25.4 Å². The molecule has 3 N–H and O–H groups in total. The zero-order chi connectivity index (χ0) is 45.8. The molecule has 0 rings (SSSR count). The Kier molecular flexibility index (Phi) is 51.6. The smallest absolute Gasteiger partial charge is 0.305 e. The molecule has 372 valence electrons. The van der Waals surface area contributed by atoms with Crippen LogP contribution < -0.4 is 5.32 Å². The molecule has 63 heavy (non-hydrogen) atoms. The molecule has 0 aromatic rings. The van der Waals surface area contributed by atoms with Gasteiger partial charge in [0.1, 0.15) is 0 Å². The summed E-state index contributed by atoms with van der Waals surface area (Å²) in [6, 6.07) is -0.563. The summed E-state index contributed by atoms with van der Waals surface area (Å²) in [5.41, 5.74) is 0. The van der Waals surface area contributed by atoms with Crippen molar-refractivity contribution in [3.63, 3.8) is 0 Å². The molecule has 0 aliphatic rings. The quantitative estimate of drug-likeness (QED) is 0.0321. The Labute approximate surface area is 392 Å². The number of hydrogen-bond donors (Lipinski definition) is 3. The molecule has 6 nitrogen and oxygen atoms in total. The summed E-state index contributed by atoms with van der Waals surface area (Å²) in [5.74, 6) is -0.0993. The molecule has 6 heteroatoms. The minimum absolute atomic E-state index is 0.0381. The second-order valence-corrected chi connectivity index (χ2v) is 19.3. The van der Waals surface area contributed by atoms with E-state index >= 15 is 0 Å². The lowest BCUT2D eigenvalue weighted by Crippen LogP contribution is -2.45. The summed E-state index contributed by atoms with van der Waals surface area (Å²) in [5, 5.41) is 23.3. The maximum Gasteiger partial charge on any atom is 0.305 e. The minimum Gasteiger partial charge on any atom is -0.466 e. The van der Waals surface area contributed by atoms with Crippen LogP contribution in [0.3, 0.4) is 0 Å². The number of carbonyl (C=O) groups excluding carboxylic acids is 2. The van der Waals surface area contributed by atoms with Gasteiger partial charge >= 0.3 is 5.97 Å². The second kappa shape index (κ2) is 53.0. The first-order valence-electron chi connectivity index (χ1n) is 28.1. The average molecular weight is 889 g/mol. The van der Waals surface area contributed by atoms with E-state index in [1.165, 1.54) is 199 Å². The van der Waals surface area contributed by atoms with Crippen molar-refractivity contribution >= 4 is 11.9 Å². The first-order chi connectivity index (χ1) is 31.0. The number of carbonyl (C=O) groups is 2. The van der Waals surface area contributed by atoms with Gasteiger partial charge in [0, 0.05) is 12.8 Å². The largest absolute Gasteiger partial charge is 0.466 e. The standard InChI is InChI=1S/C57H109NO5/c1-3-5-7-9-11-13-15-17-19-20-21-22-23-24-25-27-28-30-33-37-41-45-49-55(60)54(53-59)58-56(61)50-46-42-38-34-32-36-40-44-48-52-63-57(62)51-47-43-39-35-31-29-26-18-16-14-12-10-8-6-4-2/h12,14,18,26,54-55,59-60H,3-11,13,15-17,19-25,27-53H2,1-2H3,(H,58,61)/b14-12-,26-18-. The first kappa shape index (κ1) is 61.3. The highest BCUT2D eigenvalue weighted by Crippen LogP contribution is 2.17. The number of amides is 1. The minimum atomic E-state index is -0.684. The van der Waals surface area contributed by atoms with Gasteiger partial charge in [-0.3, -0.25) is 9.59 Å². The molecule has 0 aliphatic heterocycles. The molecule has 0 heterocycles. The number of allylic oxidation sites excluding steroid dienone is 4. The molecule has 0 bridgehead atoms. The highest BCUT2D eigenvalue weighted by Gasteiger charge is 2.20. The highest BCUT2D eigenvalue weighted by molar-refractivity contribution is 5.76. The van der Waals surface area contributed by atoms with Crippen LogP contribution in [0.4, 0.5) is 0 Å². The number of rotatable bonds is 52. The SMILES string of the molecule is CCCCC/C=C\C/C=C\CCCCCCCC(=O)OCCCCCCCCCCCC(=O)NC(CO)C(O)CCCCCCCCCCCCCCCCCCCCCCCC. The van der Waals surface area contributed by atoms with Crippen LogP contribution in [0.25, 0.3) is 0 Å². The third kappa shape index (κ3) is 49.6. The van der Waals surface area contributed by atoms with Crippen molar-refractivity contribution in [1.82, 2.24) is 5.32 Å². The van der Waals surface area contributed by atoms with E-state index in [9.17, 15) is 19.8 Å². The Morgan fingerprint density at radius 3 is 1.24 bits per heavy atom. The molecule has 0 saturated heterocycles. The number of unbranched alkanes of at least 4 members (excludes halogenated alkanes) is 37. The number of esters is 1. The Morgan fingerprint density at radius 2 is 0.794 bits per heavy atom. The molecule has 0 spiro atoms. The Morgan fingerprint density at radius 1 is 0.444 bits per heavy atom. The summed E-state index contributed by atoms with van der Waals surface area (Å²) in [6.45, 7) is 4.87. The molecular weight excluding hydrogens is 779 g/mol. The van der Waals surface area contributed by atoms with E-state index in [-0.39, 0.29) is 18.5 Å². The van der Waals surface area contributed by atoms with Gasteiger partial charge in [0.2, 0.25) is 5.91 Å². The molecule has 0 radical (unpaired) electrons. The van der Waals surface area contributed by atoms with Crippen LogP contribution in [0.1, 0.15) is 303 Å². The van der Waals surface area contributed by atoms with E-state index in [4.69, 9.17) is 4.74 Å². The molecule has 0 aliphatic carbocycles. The van der Waals surface area contributed by atoms with Gasteiger partial charge < -0.3 is 20.3 Å². The number of aliphatic hydroxyl groups excluding tert-OH is 2. The topological polar surface area (TPSA) is 95.9 Å². The van der Waals surface area contributed by atoms with E-state index in [0.29, 0.717) is 25.9 Å². The molecular formula is C57H109NO5. The van der Waals surface area contributed by atoms with Crippen molar-refractivity contribution in [2.24, 2.45) is 0 Å². The van der Waals surface area contributed by atoms with Crippen molar-refractivity contribution in [1.29, 1.82) is 0 Å². The van der Waals surface area contributed by atoms with Gasteiger partial charge in [0.25, 0.3) is 0 Å². The summed E-state index contributed by atoms with van der Waals surface area (Å²) in [6.07, 6.45) is 63.0. The van der Waals surface area contributed by atoms with Crippen molar-refractivity contribution in [2.45, 2.75) is 315 Å². The zero-order valence-corrected chi connectivity index (χ0v) is 42.3. The van der Waals surface area contributed by atoms with E-state index < -0.39 is 12.1 Å². The van der Waals surface area contributed by atoms with Crippen LogP contribution in [0.15, 0.2) is 24.3 Å². The maximum atomic E-state index is 12.5. The van der Waals surface area contributed by atoms with Gasteiger partial charge in [-0.2, -0.15) is 0 Å². The van der Waals surface area contributed by atoms with Gasteiger partial charge in [0.15, 0.2) is 0 Å². The Hall–Kier alpha value is -1.66. The number of ether oxygens (including phenoxy) is 1. The van der Waals surface area contributed by atoms with E-state index in [1.807, 2.05) is 0 Å². The summed E-state index contributed by atoms with van der Waals surface area (Å²) in [7, 11) is 0. The van der Waals surface area contributed by atoms with Crippen LogP contribution in [0.5, 0.6) is 0 Å². The van der Waals surface area contributed by atoms with Crippen LogP contribution in [-0.4, -0.2) is 47.4 Å². The monoisotopic (exact) mass is 888 g/mol. The zero-order valence-electron chi connectivity index (χ0n) is 42.3. The summed E-state index contributed by atoms with van der Waals surface area (Å²) in [4.78, 5) is 24.5. The Balaban J connectivity index is 3.49. The predicted octanol–water partition coefficient (Wildman–Crippen LogP) is 17.1. The van der Waals surface area contributed by atoms with E-state index in [0.717, 1.165) is 70.6 Å². The highest BCUT2D eigenvalue weighted by atomic mass is 16.5. The van der Waals surface area contributed by atoms with E-state index in [1.54, 1.807) is 0 Å². The normalized spacial score (nSPS) is 12.8. The molecule has 2 atom stereocenters. The number of aliphatic hydroxyl groups is 2. The lowest BCUT2D eigenvalue weighted by molar-refractivity contribution is -0.143. The fourth-order valence-electron chi connectivity index (χ4n) is 8.67. The predicted molar refractivity (Wildman–Crippen MR) is 273 cm³/mol. The number of hydrogen-bond acceptors (Lipinski definition) is 5. The summed E-state index contributed by atoms with van der Waals surface area (Å²) < 4.78 is 5.45. The van der Waals surface area contributed by atoms with E-state index in [2.05, 4.69) is 43.5 Å². The van der Waals surface area contributed by atoms with Crippen LogP contribution in [-0.2, 0) is 14.3 Å². The molecule has 1 amide bonds. The molecule has 0 aromatic carbocycles. The van der Waals surface area contributed by atoms with Crippen molar-refractivity contribution in [2.75, 3.05) is 13.2 Å². The lowest BCUT2D eigenvalue weighted by Gasteiger charge is -2.22. The molecule has 0 fully saturated rings. The maximum absolute atomic E-state index is 12.5. The van der Waals surface area contributed by atoms with Crippen molar-refractivity contribution in [3.05, 3.63) is 24.3 Å². The van der Waals surface area contributed by atoms with Gasteiger partial charge in [-0.15, -0.1) is 0 Å². The third-order valence-electron chi connectivity index (χ3n) is 13.0. The fourth-order valence-corrected chi connectivity index (χ4v) is 8.67. The van der Waals surface area contributed by atoms with Crippen molar-refractivity contribution < 1.29 is 24.5 Å². The van der Waals surface area contributed by atoms with Crippen LogP contribution >= 0.6 is 0 Å². The van der Waals surface area contributed by atoms with Crippen molar-refractivity contribution in [3.8, 4) is 0 Å². The molecule has 0 saturated carbocycles.